The molecule has 0 saturated carbocycles. The van der Waals surface area contributed by atoms with Crippen molar-refractivity contribution in [2.75, 3.05) is 0 Å². The Balaban J connectivity index is 2.61. The number of carbonyl (C=O) groups is 1. The highest BCUT2D eigenvalue weighted by atomic mass is 79.9. The van der Waals surface area contributed by atoms with Gasteiger partial charge in [-0.05, 0) is 24.6 Å². The Kier molecular flexibility index (Phi) is 4.89. The number of benzene rings is 1. The predicted molar refractivity (Wildman–Crippen MR) is 64.2 cm³/mol. The first kappa shape index (κ1) is 13.1. The maximum absolute atomic E-state index is 13.3. The van der Waals surface area contributed by atoms with E-state index in [1.165, 1.54) is 6.07 Å². The van der Waals surface area contributed by atoms with Crippen LogP contribution < -0.4 is 11.1 Å². The lowest BCUT2D eigenvalue weighted by atomic mass is 10.2. The van der Waals surface area contributed by atoms with Crippen LogP contribution in [0.2, 0.25) is 0 Å². The van der Waals surface area contributed by atoms with Crippen molar-refractivity contribution in [2.45, 2.75) is 25.9 Å². The second-order valence-corrected chi connectivity index (χ2v) is 4.38. The molecular formula is C11H14BrFN2O. The van der Waals surface area contributed by atoms with Crippen molar-refractivity contribution in [1.82, 2.24) is 5.32 Å². The number of halogens is 2. The Hall–Kier alpha value is -0.940. The van der Waals surface area contributed by atoms with Gasteiger partial charge in [0.2, 0.25) is 5.91 Å². The normalized spacial score (nSPS) is 12.2. The molecule has 1 aromatic rings. The molecule has 0 bridgehead atoms. The Labute approximate surface area is 102 Å². The first-order valence-corrected chi connectivity index (χ1v) is 5.81. The molecule has 5 heteroatoms. The van der Waals surface area contributed by atoms with E-state index in [0.29, 0.717) is 12.0 Å². The highest BCUT2D eigenvalue weighted by molar-refractivity contribution is 9.10. The molecule has 0 radical (unpaired) electrons. The van der Waals surface area contributed by atoms with Crippen molar-refractivity contribution >= 4 is 21.8 Å². The molecule has 1 amide bonds. The highest BCUT2D eigenvalue weighted by Gasteiger charge is 2.11. The monoisotopic (exact) mass is 288 g/mol. The lowest BCUT2D eigenvalue weighted by Crippen LogP contribution is -2.39. The Morgan fingerprint density at radius 1 is 1.62 bits per heavy atom. The van der Waals surface area contributed by atoms with Crippen molar-refractivity contribution in [3.8, 4) is 0 Å². The molecule has 3 N–H and O–H groups in total. The molecule has 88 valence electrons. The van der Waals surface area contributed by atoms with Crippen LogP contribution in [0.15, 0.2) is 22.7 Å². The van der Waals surface area contributed by atoms with Gasteiger partial charge < -0.3 is 11.1 Å². The maximum Gasteiger partial charge on any atom is 0.237 e. The van der Waals surface area contributed by atoms with E-state index in [1.807, 2.05) is 6.92 Å². The molecule has 0 aliphatic heterocycles. The van der Waals surface area contributed by atoms with Gasteiger partial charge in [0, 0.05) is 16.6 Å². The zero-order chi connectivity index (χ0) is 12.1. The van der Waals surface area contributed by atoms with Crippen LogP contribution in [0.1, 0.15) is 18.9 Å². The molecule has 1 rings (SSSR count). The third-order valence-corrected chi connectivity index (χ3v) is 2.73. The van der Waals surface area contributed by atoms with Gasteiger partial charge in [0.25, 0.3) is 0 Å². The Morgan fingerprint density at radius 3 is 2.94 bits per heavy atom. The molecule has 0 fully saturated rings. The van der Waals surface area contributed by atoms with Gasteiger partial charge in [-0.15, -0.1) is 0 Å². The lowest BCUT2D eigenvalue weighted by molar-refractivity contribution is -0.122. The van der Waals surface area contributed by atoms with Gasteiger partial charge >= 0.3 is 0 Å². The van der Waals surface area contributed by atoms with Crippen molar-refractivity contribution in [3.05, 3.63) is 34.1 Å². The SMILES string of the molecule is CC[C@@H](N)C(=O)NCc1cc(Br)ccc1F. The minimum atomic E-state index is -0.532. The standard InChI is InChI=1S/C11H14BrFN2O/c1-2-10(14)11(16)15-6-7-5-8(12)3-4-9(7)13/h3-5,10H,2,6,14H2,1H3,(H,15,16)/t10-/m1/s1. The van der Waals surface area contributed by atoms with E-state index < -0.39 is 6.04 Å². The van der Waals surface area contributed by atoms with Crippen LogP contribution in [0.4, 0.5) is 4.39 Å². The van der Waals surface area contributed by atoms with E-state index in [-0.39, 0.29) is 18.3 Å². The summed E-state index contributed by atoms with van der Waals surface area (Å²) in [5.74, 6) is -0.601. The first-order chi connectivity index (χ1) is 7.54. The minimum Gasteiger partial charge on any atom is -0.351 e. The first-order valence-electron chi connectivity index (χ1n) is 5.01. The van der Waals surface area contributed by atoms with E-state index in [0.717, 1.165) is 4.47 Å². The van der Waals surface area contributed by atoms with Gasteiger partial charge in [0.05, 0.1) is 6.04 Å². The van der Waals surface area contributed by atoms with Crippen LogP contribution >= 0.6 is 15.9 Å². The van der Waals surface area contributed by atoms with Gasteiger partial charge in [-0.25, -0.2) is 4.39 Å². The van der Waals surface area contributed by atoms with E-state index in [1.54, 1.807) is 12.1 Å². The summed E-state index contributed by atoms with van der Waals surface area (Å²) in [5, 5.41) is 2.59. The molecule has 3 nitrogen and oxygen atoms in total. The minimum absolute atomic E-state index is 0.151. The highest BCUT2D eigenvalue weighted by Crippen LogP contribution is 2.15. The molecule has 1 aromatic carbocycles. The average molecular weight is 289 g/mol. The summed E-state index contributed by atoms with van der Waals surface area (Å²) < 4.78 is 14.1. The number of hydrogen-bond acceptors (Lipinski definition) is 2. The van der Waals surface area contributed by atoms with E-state index in [4.69, 9.17) is 5.73 Å². The molecule has 0 aliphatic carbocycles. The fourth-order valence-electron chi connectivity index (χ4n) is 1.18. The predicted octanol–water partition coefficient (Wildman–Crippen LogP) is 1.94. The molecule has 16 heavy (non-hydrogen) atoms. The van der Waals surface area contributed by atoms with Crippen molar-refractivity contribution in [1.29, 1.82) is 0 Å². The fourth-order valence-corrected chi connectivity index (χ4v) is 1.59. The number of rotatable bonds is 4. The molecule has 0 spiro atoms. The van der Waals surface area contributed by atoms with Gasteiger partial charge in [0.1, 0.15) is 5.82 Å². The molecule has 0 heterocycles. The second kappa shape index (κ2) is 5.96. The number of nitrogens with one attached hydrogen (secondary N) is 1. The maximum atomic E-state index is 13.3. The number of amides is 1. The second-order valence-electron chi connectivity index (χ2n) is 3.47. The topological polar surface area (TPSA) is 55.1 Å². The van der Waals surface area contributed by atoms with Crippen LogP contribution in [0.25, 0.3) is 0 Å². The van der Waals surface area contributed by atoms with Crippen LogP contribution in [0, 0.1) is 5.82 Å². The summed E-state index contributed by atoms with van der Waals surface area (Å²) in [6, 6.07) is 4.06. The fraction of sp³-hybridized carbons (Fsp3) is 0.364. The quantitative estimate of drug-likeness (QED) is 0.890. The van der Waals surface area contributed by atoms with Crippen LogP contribution in [-0.2, 0) is 11.3 Å². The molecule has 1 atom stereocenters. The third-order valence-electron chi connectivity index (χ3n) is 2.24. The van der Waals surface area contributed by atoms with E-state index in [9.17, 15) is 9.18 Å². The smallest absolute Gasteiger partial charge is 0.237 e. The van der Waals surface area contributed by atoms with Crippen LogP contribution in [0.3, 0.4) is 0 Å². The third kappa shape index (κ3) is 3.57. The number of hydrogen-bond donors (Lipinski definition) is 2. The van der Waals surface area contributed by atoms with Gasteiger partial charge in [-0.2, -0.15) is 0 Å². The van der Waals surface area contributed by atoms with Gasteiger partial charge in [0.15, 0.2) is 0 Å². The summed E-state index contributed by atoms with van der Waals surface area (Å²) >= 11 is 3.24. The largest absolute Gasteiger partial charge is 0.351 e. The Morgan fingerprint density at radius 2 is 2.31 bits per heavy atom. The molecule has 0 saturated heterocycles. The average Bonchev–Trinajstić information content (AvgIpc) is 2.28. The number of nitrogens with two attached hydrogens (primary N) is 1. The molecular weight excluding hydrogens is 275 g/mol. The molecule has 0 unspecified atom stereocenters. The van der Waals surface area contributed by atoms with E-state index >= 15 is 0 Å². The summed E-state index contributed by atoms with van der Waals surface area (Å²) in [6.45, 7) is 1.97. The summed E-state index contributed by atoms with van der Waals surface area (Å²) in [6.07, 6.45) is 0.562. The van der Waals surface area contributed by atoms with Crippen LogP contribution in [-0.4, -0.2) is 11.9 Å². The summed E-state index contributed by atoms with van der Waals surface area (Å²) in [5.41, 5.74) is 5.97. The molecule has 0 aromatic heterocycles. The van der Waals surface area contributed by atoms with Gasteiger partial charge in [-0.3, -0.25) is 4.79 Å². The van der Waals surface area contributed by atoms with Crippen molar-refractivity contribution < 1.29 is 9.18 Å². The van der Waals surface area contributed by atoms with Crippen LogP contribution in [0.5, 0.6) is 0 Å². The van der Waals surface area contributed by atoms with E-state index in [2.05, 4.69) is 21.2 Å². The lowest BCUT2D eigenvalue weighted by Gasteiger charge is -2.10. The summed E-state index contributed by atoms with van der Waals surface area (Å²) in [7, 11) is 0. The van der Waals surface area contributed by atoms with Crippen molar-refractivity contribution in [2.24, 2.45) is 5.73 Å². The summed E-state index contributed by atoms with van der Waals surface area (Å²) in [4.78, 5) is 11.4. The zero-order valence-electron chi connectivity index (χ0n) is 8.97. The number of carbonyl (C=O) groups excluding carboxylic acids is 1. The van der Waals surface area contributed by atoms with Crippen molar-refractivity contribution in [3.63, 3.8) is 0 Å². The zero-order valence-corrected chi connectivity index (χ0v) is 10.6. The molecule has 0 aliphatic rings. The van der Waals surface area contributed by atoms with Gasteiger partial charge in [-0.1, -0.05) is 22.9 Å². The Bertz CT molecular complexity index is 384.